The Hall–Kier alpha value is -1.75. The third kappa shape index (κ3) is 2.73. The van der Waals surface area contributed by atoms with Crippen LogP contribution in [0.25, 0.3) is 11.5 Å². The van der Waals surface area contributed by atoms with Gasteiger partial charge in [-0.3, -0.25) is 0 Å². The van der Waals surface area contributed by atoms with Crippen LogP contribution in [-0.4, -0.2) is 21.7 Å². The summed E-state index contributed by atoms with van der Waals surface area (Å²) in [6, 6.07) is 5.78. The molecule has 0 bridgehead atoms. The summed E-state index contributed by atoms with van der Waals surface area (Å²) in [4.78, 5) is 8.71. The summed E-state index contributed by atoms with van der Waals surface area (Å²) in [5.74, 6) is 2.03. The maximum Gasteiger partial charge on any atom is 0.240 e. The van der Waals surface area contributed by atoms with E-state index in [2.05, 4.69) is 20.4 Å². The Morgan fingerprint density at radius 1 is 1.33 bits per heavy atom. The molecule has 5 heteroatoms. The average Bonchev–Trinajstić information content (AvgIpc) is 3.06. The monoisotopic (exact) mass is 244 g/mol. The van der Waals surface area contributed by atoms with Gasteiger partial charge in [0.05, 0.1) is 6.54 Å². The summed E-state index contributed by atoms with van der Waals surface area (Å²) in [6.45, 7) is 3.62. The summed E-state index contributed by atoms with van der Waals surface area (Å²) < 4.78 is 5.20. The molecule has 0 spiro atoms. The van der Waals surface area contributed by atoms with Crippen LogP contribution in [0.4, 0.5) is 0 Å². The number of hydrogen-bond acceptors (Lipinski definition) is 5. The van der Waals surface area contributed by atoms with Crippen molar-refractivity contribution in [2.45, 2.75) is 26.3 Å². The highest BCUT2D eigenvalue weighted by molar-refractivity contribution is 5.47. The average molecular weight is 244 g/mol. The molecular formula is C13H16N4O. The van der Waals surface area contributed by atoms with Crippen LogP contribution in [0, 0.1) is 12.8 Å². The molecule has 0 aromatic carbocycles. The summed E-state index contributed by atoms with van der Waals surface area (Å²) in [6.07, 6.45) is 2.69. The quantitative estimate of drug-likeness (QED) is 0.870. The highest BCUT2D eigenvalue weighted by Crippen LogP contribution is 2.27. The molecule has 1 N–H and O–H groups in total. The predicted octanol–water partition coefficient (Wildman–Crippen LogP) is 1.94. The van der Waals surface area contributed by atoms with Crippen LogP contribution in [0.15, 0.2) is 22.7 Å². The Labute approximate surface area is 106 Å². The zero-order valence-electron chi connectivity index (χ0n) is 10.4. The first-order chi connectivity index (χ1) is 8.81. The standard InChI is InChI=1S/C13H16N4O/c1-9-3-2-4-11(15-9)13-16-12(18-17-13)8-14-7-10-5-6-10/h2-4,10,14H,5-8H2,1H3. The number of pyridine rings is 1. The summed E-state index contributed by atoms with van der Waals surface area (Å²) >= 11 is 0. The van der Waals surface area contributed by atoms with Gasteiger partial charge >= 0.3 is 0 Å². The van der Waals surface area contributed by atoms with Crippen molar-refractivity contribution in [3.05, 3.63) is 29.8 Å². The van der Waals surface area contributed by atoms with Crippen molar-refractivity contribution < 1.29 is 4.52 Å². The molecule has 94 valence electrons. The Morgan fingerprint density at radius 3 is 3.00 bits per heavy atom. The molecule has 0 unspecified atom stereocenters. The predicted molar refractivity (Wildman–Crippen MR) is 66.7 cm³/mol. The molecular weight excluding hydrogens is 228 g/mol. The fraction of sp³-hybridized carbons (Fsp3) is 0.462. The van der Waals surface area contributed by atoms with E-state index < -0.39 is 0 Å². The van der Waals surface area contributed by atoms with E-state index >= 15 is 0 Å². The number of hydrogen-bond donors (Lipinski definition) is 1. The zero-order chi connectivity index (χ0) is 12.4. The van der Waals surface area contributed by atoms with E-state index in [0.717, 1.165) is 23.9 Å². The van der Waals surface area contributed by atoms with Crippen LogP contribution in [0.1, 0.15) is 24.4 Å². The van der Waals surface area contributed by atoms with Crippen LogP contribution in [0.2, 0.25) is 0 Å². The van der Waals surface area contributed by atoms with E-state index in [0.29, 0.717) is 18.3 Å². The van der Waals surface area contributed by atoms with Crippen molar-refractivity contribution in [3.63, 3.8) is 0 Å². The van der Waals surface area contributed by atoms with E-state index in [4.69, 9.17) is 4.52 Å². The smallest absolute Gasteiger partial charge is 0.240 e. The molecule has 5 nitrogen and oxygen atoms in total. The van der Waals surface area contributed by atoms with Crippen LogP contribution in [0.3, 0.4) is 0 Å². The maximum atomic E-state index is 5.20. The van der Waals surface area contributed by atoms with Gasteiger partial charge in [0.25, 0.3) is 0 Å². The largest absolute Gasteiger partial charge is 0.337 e. The van der Waals surface area contributed by atoms with Gasteiger partial charge in [0.2, 0.25) is 11.7 Å². The van der Waals surface area contributed by atoms with E-state index in [9.17, 15) is 0 Å². The first kappa shape index (κ1) is 11.3. The van der Waals surface area contributed by atoms with Crippen molar-refractivity contribution in [1.82, 2.24) is 20.4 Å². The molecule has 0 atom stereocenters. The molecule has 2 aromatic rings. The number of nitrogens with one attached hydrogen (secondary N) is 1. The second kappa shape index (κ2) is 4.86. The van der Waals surface area contributed by atoms with Gasteiger partial charge in [0.1, 0.15) is 5.69 Å². The molecule has 1 aliphatic rings. The molecule has 2 heterocycles. The number of aromatic nitrogens is 3. The summed E-state index contributed by atoms with van der Waals surface area (Å²) in [5, 5.41) is 7.28. The van der Waals surface area contributed by atoms with Gasteiger partial charge in [-0.15, -0.1) is 0 Å². The molecule has 2 aromatic heterocycles. The van der Waals surface area contributed by atoms with Crippen LogP contribution in [0.5, 0.6) is 0 Å². The minimum Gasteiger partial charge on any atom is -0.337 e. The second-order valence-corrected chi connectivity index (χ2v) is 4.75. The first-order valence-electron chi connectivity index (χ1n) is 6.28. The van der Waals surface area contributed by atoms with Crippen LogP contribution in [-0.2, 0) is 6.54 Å². The highest BCUT2D eigenvalue weighted by atomic mass is 16.5. The third-order valence-electron chi connectivity index (χ3n) is 2.99. The lowest BCUT2D eigenvalue weighted by Gasteiger charge is -1.97. The van der Waals surface area contributed by atoms with E-state index in [1.807, 2.05) is 25.1 Å². The molecule has 1 saturated carbocycles. The van der Waals surface area contributed by atoms with Crippen molar-refractivity contribution in [3.8, 4) is 11.5 Å². The Bertz CT molecular complexity index is 533. The Morgan fingerprint density at radius 2 is 2.22 bits per heavy atom. The van der Waals surface area contributed by atoms with E-state index in [1.165, 1.54) is 12.8 Å². The minimum atomic E-state index is 0.557. The first-order valence-corrected chi connectivity index (χ1v) is 6.28. The van der Waals surface area contributed by atoms with Gasteiger partial charge in [0.15, 0.2) is 0 Å². The Kier molecular flexibility index (Phi) is 3.06. The molecule has 0 amide bonds. The van der Waals surface area contributed by atoms with E-state index in [1.54, 1.807) is 0 Å². The van der Waals surface area contributed by atoms with Gasteiger partial charge in [-0.25, -0.2) is 4.98 Å². The summed E-state index contributed by atoms with van der Waals surface area (Å²) in [7, 11) is 0. The molecule has 1 aliphatic carbocycles. The molecule has 3 rings (SSSR count). The molecule has 0 radical (unpaired) electrons. The number of rotatable bonds is 5. The van der Waals surface area contributed by atoms with Gasteiger partial charge in [0, 0.05) is 5.69 Å². The zero-order valence-corrected chi connectivity index (χ0v) is 10.4. The fourth-order valence-corrected chi connectivity index (χ4v) is 1.80. The topological polar surface area (TPSA) is 63.8 Å². The maximum absolute atomic E-state index is 5.20. The molecule has 18 heavy (non-hydrogen) atoms. The lowest BCUT2D eigenvalue weighted by Crippen LogP contribution is -2.16. The Balaban J connectivity index is 1.64. The summed E-state index contributed by atoms with van der Waals surface area (Å²) in [5.41, 5.74) is 1.71. The van der Waals surface area contributed by atoms with Gasteiger partial charge in [-0.05, 0) is 44.4 Å². The van der Waals surface area contributed by atoms with Gasteiger partial charge in [-0.1, -0.05) is 11.2 Å². The lowest BCUT2D eigenvalue weighted by molar-refractivity contribution is 0.367. The SMILES string of the molecule is Cc1cccc(-c2noc(CNCC3CC3)n2)n1. The van der Waals surface area contributed by atoms with Gasteiger partial charge < -0.3 is 9.84 Å². The van der Waals surface area contributed by atoms with Crippen molar-refractivity contribution in [2.75, 3.05) is 6.54 Å². The third-order valence-corrected chi connectivity index (χ3v) is 2.99. The van der Waals surface area contributed by atoms with Crippen molar-refractivity contribution in [1.29, 1.82) is 0 Å². The highest BCUT2D eigenvalue weighted by Gasteiger charge is 2.20. The molecule has 0 aliphatic heterocycles. The fourth-order valence-electron chi connectivity index (χ4n) is 1.80. The second-order valence-electron chi connectivity index (χ2n) is 4.75. The number of nitrogens with zero attached hydrogens (tertiary/aromatic N) is 3. The van der Waals surface area contributed by atoms with Crippen molar-refractivity contribution in [2.24, 2.45) is 5.92 Å². The van der Waals surface area contributed by atoms with Gasteiger partial charge in [-0.2, -0.15) is 4.98 Å². The van der Waals surface area contributed by atoms with Crippen molar-refractivity contribution >= 4 is 0 Å². The molecule has 0 saturated heterocycles. The molecule has 1 fully saturated rings. The van der Waals surface area contributed by atoms with E-state index in [-0.39, 0.29) is 0 Å². The van der Waals surface area contributed by atoms with Crippen LogP contribution < -0.4 is 5.32 Å². The lowest BCUT2D eigenvalue weighted by atomic mass is 10.3. The minimum absolute atomic E-state index is 0.557. The normalized spacial score (nSPS) is 14.9. The number of aryl methyl sites for hydroxylation is 1. The van der Waals surface area contributed by atoms with Crippen LogP contribution >= 0.6 is 0 Å².